The van der Waals surface area contributed by atoms with Gasteiger partial charge in [0.05, 0.1) is 0 Å². The molecule has 1 heterocycles. The van der Waals surface area contributed by atoms with Crippen molar-refractivity contribution in [3.05, 3.63) is 35.4 Å². The smallest absolute Gasteiger partial charge is 0.220 e. The van der Waals surface area contributed by atoms with Crippen LogP contribution in [-0.2, 0) is 11.2 Å². The van der Waals surface area contributed by atoms with E-state index in [1.54, 1.807) is 0 Å². The van der Waals surface area contributed by atoms with Crippen LogP contribution in [-0.4, -0.2) is 30.8 Å². The predicted molar refractivity (Wildman–Crippen MR) is 97.1 cm³/mol. The molecule has 1 aromatic carbocycles. The molecule has 0 aromatic heterocycles. The van der Waals surface area contributed by atoms with Crippen molar-refractivity contribution in [3.63, 3.8) is 0 Å². The van der Waals surface area contributed by atoms with Crippen molar-refractivity contribution in [1.82, 2.24) is 10.6 Å². The first-order chi connectivity index (χ1) is 11.5. The molecule has 1 aromatic rings. The summed E-state index contributed by atoms with van der Waals surface area (Å²) in [4.78, 5) is 24.3. The summed E-state index contributed by atoms with van der Waals surface area (Å²) in [6, 6.07) is 8.03. The molecule has 2 atom stereocenters. The van der Waals surface area contributed by atoms with Crippen LogP contribution in [0.3, 0.4) is 0 Å². The number of benzene rings is 1. The molecule has 4 nitrogen and oxygen atoms in total. The van der Waals surface area contributed by atoms with E-state index in [0.717, 1.165) is 25.9 Å². The van der Waals surface area contributed by atoms with E-state index < -0.39 is 0 Å². The molecular formula is C20H30N2O2. The van der Waals surface area contributed by atoms with Gasteiger partial charge in [-0.25, -0.2) is 0 Å². The van der Waals surface area contributed by atoms with Gasteiger partial charge in [-0.15, -0.1) is 0 Å². The second-order valence-electron chi connectivity index (χ2n) is 7.36. The summed E-state index contributed by atoms with van der Waals surface area (Å²) in [5.74, 6) is 1.07. The number of hydrogen-bond donors (Lipinski definition) is 2. The van der Waals surface area contributed by atoms with Gasteiger partial charge in [0.1, 0.15) is 0 Å². The molecule has 24 heavy (non-hydrogen) atoms. The number of amides is 1. The van der Waals surface area contributed by atoms with Crippen LogP contribution >= 0.6 is 0 Å². The Morgan fingerprint density at radius 1 is 1.21 bits per heavy atom. The number of carbonyl (C=O) groups is 2. The van der Waals surface area contributed by atoms with Crippen LogP contribution in [0.5, 0.6) is 0 Å². The summed E-state index contributed by atoms with van der Waals surface area (Å²) in [6.45, 7) is 8.38. The minimum Gasteiger partial charge on any atom is -0.353 e. The van der Waals surface area contributed by atoms with Gasteiger partial charge in [-0.2, -0.15) is 0 Å². The number of ketones is 1. The lowest BCUT2D eigenvalue weighted by atomic mass is 9.95. The standard InChI is InChI=1S/C20H30N2O2/c1-14(2)12-16-4-6-17(7-5-16)19(23)8-9-20(24)22-18-10-11-21-13-15(18)3/h4-7,14-15,18,21H,8-13H2,1-3H3,(H,22,24). The van der Waals surface area contributed by atoms with Gasteiger partial charge < -0.3 is 10.6 Å². The molecule has 1 amide bonds. The Hall–Kier alpha value is -1.68. The molecule has 1 aliphatic heterocycles. The van der Waals surface area contributed by atoms with Gasteiger partial charge in [-0.3, -0.25) is 9.59 Å². The second-order valence-corrected chi connectivity index (χ2v) is 7.36. The summed E-state index contributed by atoms with van der Waals surface area (Å²) in [5.41, 5.74) is 1.95. The van der Waals surface area contributed by atoms with Crippen molar-refractivity contribution in [2.45, 2.75) is 52.5 Å². The number of piperidine rings is 1. The molecule has 0 bridgehead atoms. The van der Waals surface area contributed by atoms with E-state index in [2.05, 4.69) is 31.4 Å². The summed E-state index contributed by atoms with van der Waals surface area (Å²) in [7, 11) is 0. The van der Waals surface area contributed by atoms with E-state index >= 15 is 0 Å². The maximum absolute atomic E-state index is 12.2. The Morgan fingerprint density at radius 3 is 2.54 bits per heavy atom. The van der Waals surface area contributed by atoms with E-state index in [0.29, 0.717) is 17.4 Å². The summed E-state index contributed by atoms with van der Waals surface area (Å²) in [5, 5.41) is 6.40. The van der Waals surface area contributed by atoms with Gasteiger partial charge in [-0.1, -0.05) is 45.0 Å². The highest BCUT2D eigenvalue weighted by molar-refractivity contribution is 5.98. The van der Waals surface area contributed by atoms with Gasteiger partial charge in [0.25, 0.3) is 0 Å². The zero-order valence-electron chi connectivity index (χ0n) is 15.1. The minimum atomic E-state index is -0.0153. The number of Topliss-reactive ketones (excluding diaryl/α,β-unsaturated/α-hetero) is 1. The lowest BCUT2D eigenvalue weighted by molar-refractivity contribution is -0.122. The van der Waals surface area contributed by atoms with E-state index in [1.165, 1.54) is 5.56 Å². The molecule has 1 aliphatic rings. The first-order valence-corrected chi connectivity index (χ1v) is 9.08. The zero-order valence-corrected chi connectivity index (χ0v) is 15.1. The highest BCUT2D eigenvalue weighted by Crippen LogP contribution is 2.13. The molecule has 0 spiro atoms. The fraction of sp³-hybridized carbons (Fsp3) is 0.600. The van der Waals surface area contributed by atoms with Gasteiger partial charge in [0, 0.05) is 24.4 Å². The molecule has 0 aliphatic carbocycles. The van der Waals surface area contributed by atoms with Gasteiger partial charge in [0.2, 0.25) is 5.91 Å². The van der Waals surface area contributed by atoms with E-state index in [4.69, 9.17) is 0 Å². The van der Waals surface area contributed by atoms with Crippen molar-refractivity contribution in [2.24, 2.45) is 11.8 Å². The Kier molecular flexibility index (Phi) is 6.98. The zero-order chi connectivity index (χ0) is 17.5. The van der Waals surface area contributed by atoms with E-state index in [1.807, 2.05) is 24.3 Å². The predicted octanol–water partition coefficient (Wildman–Crippen LogP) is 2.96. The van der Waals surface area contributed by atoms with Gasteiger partial charge in [0.15, 0.2) is 5.78 Å². The van der Waals surface area contributed by atoms with Crippen LogP contribution in [0.15, 0.2) is 24.3 Å². The Balaban J connectivity index is 1.78. The average molecular weight is 330 g/mol. The monoisotopic (exact) mass is 330 g/mol. The molecule has 2 rings (SSSR count). The summed E-state index contributed by atoms with van der Waals surface area (Å²) in [6.07, 6.45) is 2.52. The van der Waals surface area contributed by atoms with Crippen molar-refractivity contribution in [3.8, 4) is 0 Å². The molecule has 2 unspecified atom stereocenters. The van der Waals surface area contributed by atoms with Crippen LogP contribution in [0.1, 0.15) is 56.0 Å². The molecule has 132 valence electrons. The topological polar surface area (TPSA) is 58.2 Å². The summed E-state index contributed by atoms with van der Waals surface area (Å²) < 4.78 is 0. The number of nitrogens with one attached hydrogen (secondary N) is 2. The quantitative estimate of drug-likeness (QED) is 0.756. The molecule has 0 radical (unpaired) electrons. The van der Waals surface area contributed by atoms with Crippen molar-refractivity contribution >= 4 is 11.7 Å². The fourth-order valence-corrected chi connectivity index (χ4v) is 3.18. The molecule has 1 fully saturated rings. The minimum absolute atomic E-state index is 0.0153. The van der Waals surface area contributed by atoms with Crippen LogP contribution in [0.4, 0.5) is 0 Å². The summed E-state index contributed by atoms with van der Waals surface area (Å²) >= 11 is 0. The van der Waals surface area contributed by atoms with Crippen LogP contribution < -0.4 is 10.6 Å². The fourth-order valence-electron chi connectivity index (χ4n) is 3.18. The van der Waals surface area contributed by atoms with Crippen LogP contribution in [0.2, 0.25) is 0 Å². The molecule has 2 N–H and O–H groups in total. The normalized spacial score (nSPS) is 20.8. The number of carbonyl (C=O) groups excluding carboxylic acids is 2. The van der Waals surface area contributed by atoms with Crippen LogP contribution in [0.25, 0.3) is 0 Å². The Labute approximate surface area is 145 Å². The number of hydrogen-bond acceptors (Lipinski definition) is 3. The highest BCUT2D eigenvalue weighted by Gasteiger charge is 2.22. The molecule has 4 heteroatoms. The van der Waals surface area contributed by atoms with Gasteiger partial charge >= 0.3 is 0 Å². The third-order valence-corrected chi connectivity index (χ3v) is 4.63. The van der Waals surface area contributed by atoms with Gasteiger partial charge in [-0.05, 0) is 43.3 Å². The molecule has 1 saturated heterocycles. The maximum atomic E-state index is 12.2. The van der Waals surface area contributed by atoms with Crippen LogP contribution in [0, 0.1) is 11.8 Å². The molecule has 0 saturated carbocycles. The maximum Gasteiger partial charge on any atom is 0.220 e. The van der Waals surface area contributed by atoms with E-state index in [-0.39, 0.29) is 30.6 Å². The average Bonchev–Trinajstić information content (AvgIpc) is 2.55. The SMILES string of the molecule is CC(C)Cc1ccc(C(=O)CCC(=O)NC2CCNCC2C)cc1. The third-order valence-electron chi connectivity index (χ3n) is 4.63. The van der Waals surface area contributed by atoms with Crippen molar-refractivity contribution < 1.29 is 9.59 Å². The second kappa shape index (κ2) is 8.97. The third kappa shape index (κ3) is 5.75. The number of rotatable bonds is 7. The van der Waals surface area contributed by atoms with Crippen molar-refractivity contribution in [2.75, 3.05) is 13.1 Å². The van der Waals surface area contributed by atoms with Crippen molar-refractivity contribution in [1.29, 1.82) is 0 Å². The first-order valence-electron chi connectivity index (χ1n) is 9.08. The largest absolute Gasteiger partial charge is 0.353 e. The first kappa shape index (κ1) is 18.7. The Bertz CT molecular complexity index is 551. The van der Waals surface area contributed by atoms with E-state index in [9.17, 15) is 9.59 Å². The molecular weight excluding hydrogens is 300 g/mol. The lowest BCUT2D eigenvalue weighted by Gasteiger charge is -2.30. The highest BCUT2D eigenvalue weighted by atomic mass is 16.2. The Morgan fingerprint density at radius 2 is 1.92 bits per heavy atom. The lowest BCUT2D eigenvalue weighted by Crippen LogP contribution is -2.48.